The molecule has 0 saturated carbocycles. The van der Waals surface area contributed by atoms with Crippen molar-refractivity contribution in [3.05, 3.63) is 59.2 Å². The van der Waals surface area contributed by atoms with Crippen LogP contribution in [0.1, 0.15) is 48.2 Å². The number of fused-ring (bicyclic) bond motifs is 1. The highest BCUT2D eigenvalue weighted by atomic mass is 16.2. The van der Waals surface area contributed by atoms with Gasteiger partial charge in [0.2, 0.25) is 5.91 Å². The lowest BCUT2D eigenvalue weighted by atomic mass is 10.0. The Kier molecular flexibility index (Phi) is 3.90. The summed E-state index contributed by atoms with van der Waals surface area (Å²) in [5.74, 6) is 0.303. The lowest BCUT2D eigenvalue weighted by molar-refractivity contribution is -0.114. The number of hydrogen-bond acceptors (Lipinski definition) is 2. The van der Waals surface area contributed by atoms with Crippen LogP contribution in [0.3, 0.4) is 0 Å². The first-order valence-corrected chi connectivity index (χ1v) is 7.78. The molecule has 2 aromatic rings. The predicted molar refractivity (Wildman–Crippen MR) is 91.8 cm³/mol. The normalized spacial score (nSPS) is 13.4. The van der Waals surface area contributed by atoms with E-state index in [0.717, 1.165) is 11.3 Å². The molecule has 0 fully saturated rings. The van der Waals surface area contributed by atoms with Crippen LogP contribution in [-0.2, 0) is 11.3 Å². The molecule has 4 nitrogen and oxygen atoms in total. The van der Waals surface area contributed by atoms with Crippen molar-refractivity contribution in [1.29, 1.82) is 0 Å². The van der Waals surface area contributed by atoms with Gasteiger partial charge in [-0.15, -0.1) is 0 Å². The van der Waals surface area contributed by atoms with Crippen LogP contribution in [0.4, 0.5) is 11.4 Å². The standard InChI is InChI=1S/C19H20N2O2/c1-12(2)14-5-8-17(9-6-14)21-11-15-4-7-16(20-13(3)22)10-18(15)19(21)23/h4-10,12H,11H2,1-3H3,(H,20,22). The number of rotatable bonds is 3. The van der Waals surface area contributed by atoms with Gasteiger partial charge in [0, 0.05) is 23.9 Å². The van der Waals surface area contributed by atoms with Crippen molar-refractivity contribution < 1.29 is 9.59 Å². The second kappa shape index (κ2) is 5.88. The van der Waals surface area contributed by atoms with Gasteiger partial charge in [0.1, 0.15) is 0 Å². The Balaban J connectivity index is 1.87. The quantitative estimate of drug-likeness (QED) is 0.934. The second-order valence-electron chi connectivity index (χ2n) is 6.19. The number of nitrogens with zero attached hydrogens (tertiary/aromatic N) is 1. The number of anilines is 2. The first-order valence-electron chi connectivity index (χ1n) is 7.78. The molecule has 0 radical (unpaired) electrons. The number of amides is 2. The van der Waals surface area contributed by atoms with E-state index in [0.29, 0.717) is 23.7 Å². The molecule has 4 heteroatoms. The maximum absolute atomic E-state index is 12.7. The Morgan fingerprint density at radius 3 is 2.43 bits per heavy atom. The second-order valence-corrected chi connectivity index (χ2v) is 6.19. The van der Waals surface area contributed by atoms with E-state index in [-0.39, 0.29) is 11.8 Å². The smallest absolute Gasteiger partial charge is 0.259 e. The van der Waals surface area contributed by atoms with Gasteiger partial charge in [-0.3, -0.25) is 9.59 Å². The Bertz CT molecular complexity index is 763. The van der Waals surface area contributed by atoms with Crippen molar-refractivity contribution in [2.45, 2.75) is 33.2 Å². The monoisotopic (exact) mass is 308 g/mol. The third-order valence-corrected chi connectivity index (χ3v) is 4.11. The van der Waals surface area contributed by atoms with Crippen LogP contribution in [0.15, 0.2) is 42.5 Å². The van der Waals surface area contributed by atoms with Gasteiger partial charge in [-0.1, -0.05) is 32.0 Å². The van der Waals surface area contributed by atoms with E-state index in [1.165, 1.54) is 12.5 Å². The van der Waals surface area contributed by atoms with Gasteiger partial charge < -0.3 is 10.2 Å². The molecule has 1 aliphatic rings. The lowest BCUT2D eigenvalue weighted by Crippen LogP contribution is -2.22. The van der Waals surface area contributed by atoms with Crippen LogP contribution in [0.5, 0.6) is 0 Å². The molecule has 0 saturated heterocycles. The highest BCUT2D eigenvalue weighted by Gasteiger charge is 2.28. The molecule has 1 heterocycles. The molecule has 0 aromatic heterocycles. The molecular formula is C19H20N2O2. The van der Waals surface area contributed by atoms with E-state index in [1.807, 2.05) is 24.3 Å². The highest BCUT2D eigenvalue weighted by Crippen LogP contribution is 2.30. The summed E-state index contributed by atoms with van der Waals surface area (Å²) in [5.41, 5.74) is 4.45. The average Bonchev–Trinajstić information content (AvgIpc) is 2.84. The molecular weight excluding hydrogens is 288 g/mol. The minimum absolute atomic E-state index is 0.0236. The van der Waals surface area contributed by atoms with E-state index in [9.17, 15) is 9.59 Å². The summed E-state index contributed by atoms with van der Waals surface area (Å²) in [7, 11) is 0. The summed E-state index contributed by atoms with van der Waals surface area (Å²) in [6, 6.07) is 13.6. The van der Waals surface area contributed by atoms with Crippen LogP contribution in [0.2, 0.25) is 0 Å². The van der Waals surface area contributed by atoms with E-state index in [2.05, 4.69) is 31.3 Å². The zero-order chi connectivity index (χ0) is 16.6. The molecule has 118 valence electrons. The van der Waals surface area contributed by atoms with Crippen LogP contribution >= 0.6 is 0 Å². The Hall–Kier alpha value is -2.62. The zero-order valence-electron chi connectivity index (χ0n) is 13.6. The summed E-state index contributed by atoms with van der Waals surface area (Å²) in [4.78, 5) is 25.6. The van der Waals surface area contributed by atoms with Crippen molar-refractivity contribution in [2.24, 2.45) is 0 Å². The van der Waals surface area contributed by atoms with Gasteiger partial charge in [-0.25, -0.2) is 0 Å². The van der Waals surface area contributed by atoms with Gasteiger partial charge in [-0.2, -0.15) is 0 Å². The maximum Gasteiger partial charge on any atom is 0.259 e. The Morgan fingerprint density at radius 1 is 1.13 bits per heavy atom. The van der Waals surface area contributed by atoms with Gasteiger partial charge in [-0.05, 0) is 41.3 Å². The fourth-order valence-electron chi connectivity index (χ4n) is 2.83. The van der Waals surface area contributed by atoms with Crippen LogP contribution in [0.25, 0.3) is 0 Å². The average molecular weight is 308 g/mol. The SMILES string of the molecule is CC(=O)Nc1ccc2c(c1)C(=O)N(c1ccc(C(C)C)cc1)C2. The van der Waals surface area contributed by atoms with Crippen LogP contribution in [-0.4, -0.2) is 11.8 Å². The molecule has 0 spiro atoms. The molecule has 1 N–H and O–H groups in total. The molecule has 1 aliphatic heterocycles. The Labute approximate surface area is 136 Å². The number of carbonyl (C=O) groups is 2. The van der Waals surface area contributed by atoms with Crippen molar-refractivity contribution in [2.75, 3.05) is 10.2 Å². The Morgan fingerprint density at radius 2 is 1.83 bits per heavy atom. The van der Waals surface area contributed by atoms with Crippen molar-refractivity contribution in [1.82, 2.24) is 0 Å². The molecule has 0 aliphatic carbocycles. The molecule has 3 rings (SSSR count). The van der Waals surface area contributed by atoms with E-state index >= 15 is 0 Å². The highest BCUT2D eigenvalue weighted by molar-refractivity contribution is 6.10. The first-order chi connectivity index (χ1) is 11.0. The topological polar surface area (TPSA) is 49.4 Å². The molecule has 0 bridgehead atoms. The van der Waals surface area contributed by atoms with Crippen molar-refractivity contribution >= 4 is 23.2 Å². The third kappa shape index (κ3) is 2.97. The molecule has 0 unspecified atom stereocenters. The van der Waals surface area contributed by atoms with Gasteiger partial charge in [0.15, 0.2) is 0 Å². The van der Waals surface area contributed by atoms with Crippen LogP contribution < -0.4 is 10.2 Å². The van der Waals surface area contributed by atoms with Gasteiger partial charge in [0.05, 0.1) is 6.54 Å². The summed E-state index contributed by atoms with van der Waals surface area (Å²) in [6.07, 6.45) is 0. The number of nitrogens with one attached hydrogen (secondary N) is 1. The van der Waals surface area contributed by atoms with E-state index in [4.69, 9.17) is 0 Å². The van der Waals surface area contributed by atoms with Crippen molar-refractivity contribution in [3.8, 4) is 0 Å². The predicted octanol–water partition coefficient (Wildman–Crippen LogP) is 3.93. The fraction of sp³-hybridized carbons (Fsp3) is 0.263. The lowest BCUT2D eigenvalue weighted by Gasteiger charge is -2.16. The van der Waals surface area contributed by atoms with Gasteiger partial charge >= 0.3 is 0 Å². The van der Waals surface area contributed by atoms with Gasteiger partial charge in [0.25, 0.3) is 5.91 Å². The number of carbonyl (C=O) groups excluding carboxylic acids is 2. The summed E-state index contributed by atoms with van der Waals surface area (Å²) < 4.78 is 0. The summed E-state index contributed by atoms with van der Waals surface area (Å²) >= 11 is 0. The molecule has 2 aromatic carbocycles. The minimum Gasteiger partial charge on any atom is -0.326 e. The molecule has 23 heavy (non-hydrogen) atoms. The number of hydrogen-bond donors (Lipinski definition) is 1. The van der Waals surface area contributed by atoms with Crippen LogP contribution in [0, 0.1) is 0 Å². The molecule has 2 amide bonds. The zero-order valence-corrected chi connectivity index (χ0v) is 13.6. The maximum atomic E-state index is 12.7. The van der Waals surface area contributed by atoms with E-state index in [1.54, 1.807) is 11.0 Å². The molecule has 0 atom stereocenters. The van der Waals surface area contributed by atoms with E-state index < -0.39 is 0 Å². The fourth-order valence-corrected chi connectivity index (χ4v) is 2.83. The first kappa shape index (κ1) is 15.3. The van der Waals surface area contributed by atoms with Crippen molar-refractivity contribution in [3.63, 3.8) is 0 Å². The summed E-state index contributed by atoms with van der Waals surface area (Å²) in [5, 5.41) is 2.72. The largest absolute Gasteiger partial charge is 0.326 e. The number of benzene rings is 2. The summed E-state index contributed by atoms with van der Waals surface area (Å²) in [6.45, 7) is 6.32. The minimum atomic E-state index is -0.142. The third-order valence-electron chi connectivity index (χ3n) is 4.11.